The number of aryl methyl sites for hydroxylation is 2. The SMILES string of the molecule is CCOC1CC(NC(=NC)NCCc2c(C)nn(C)c2C)C1(CC)CC.I. The second kappa shape index (κ2) is 10.6. The zero-order valence-electron chi connectivity index (χ0n) is 18.1. The Labute approximate surface area is 181 Å². The minimum Gasteiger partial charge on any atom is -0.378 e. The van der Waals surface area contributed by atoms with E-state index in [2.05, 4.69) is 55.3 Å². The number of nitrogens with zero attached hydrogens (tertiary/aromatic N) is 3. The fourth-order valence-electron chi connectivity index (χ4n) is 4.43. The lowest BCUT2D eigenvalue weighted by Gasteiger charge is -2.55. The third-order valence-corrected chi connectivity index (χ3v) is 6.33. The Kier molecular flexibility index (Phi) is 9.54. The first-order valence-corrected chi connectivity index (χ1v) is 10.0. The lowest BCUT2D eigenvalue weighted by molar-refractivity contribution is -0.133. The first-order valence-electron chi connectivity index (χ1n) is 10.0. The smallest absolute Gasteiger partial charge is 0.191 e. The average molecular weight is 491 g/mol. The zero-order chi connectivity index (χ0) is 19.3. The molecule has 0 aliphatic heterocycles. The van der Waals surface area contributed by atoms with Gasteiger partial charge in [0.15, 0.2) is 5.96 Å². The second-order valence-electron chi connectivity index (χ2n) is 7.34. The molecule has 7 heteroatoms. The van der Waals surface area contributed by atoms with Crippen molar-refractivity contribution in [3.8, 4) is 0 Å². The third-order valence-electron chi connectivity index (χ3n) is 6.33. The molecule has 6 nitrogen and oxygen atoms in total. The van der Waals surface area contributed by atoms with Gasteiger partial charge >= 0.3 is 0 Å². The Morgan fingerprint density at radius 1 is 1.30 bits per heavy atom. The van der Waals surface area contributed by atoms with Crippen LogP contribution < -0.4 is 10.6 Å². The van der Waals surface area contributed by atoms with Crippen molar-refractivity contribution in [1.82, 2.24) is 20.4 Å². The molecule has 0 amide bonds. The summed E-state index contributed by atoms with van der Waals surface area (Å²) in [5, 5.41) is 11.6. The van der Waals surface area contributed by atoms with Crippen LogP contribution in [0.5, 0.6) is 0 Å². The van der Waals surface area contributed by atoms with Crippen LogP contribution in [0.1, 0.15) is 57.0 Å². The number of hydrogen-bond donors (Lipinski definition) is 2. The highest BCUT2D eigenvalue weighted by Gasteiger charge is 2.53. The van der Waals surface area contributed by atoms with Crippen LogP contribution in [0.3, 0.4) is 0 Å². The molecule has 27 heavy (non-hydrogen) atoms. The summed E-state index contributed by atoms with van der Waals surface area (Å²) in [4.78, 5) is 4.43. The fraction of sp³-hybridized carbons (Fsp3) is 0.800. The molecule has 2 rings (SSSR count). The van der Waals surface area contributed by atoms with E-state index in [1.807, 2.05) is 18.8 Å². The topological polar surface area (TPSA) is 63.5 Å². The molecule has 1 aliphatic rings. The molecule has 0 bridgehead atoms. The molecule has 1 aromatic heterocycles. The maximum absolute atomic E-state index is 5.98. The summed E-state index contributed by atoms with van der Waals surface area (Å²) in [7, 11) is 3.84. The molecule has 2 unspecified atom stereocenters. The quantitative estimate of drug-likeness (QED) is 0.333. The molecule has 156 valence electrons. The van der Waals surface area contributed by atoms with Crippen LogP contribution in [0.15, 0.2) is 4.99 Å². The third kappa shape index (κ3) is 4.96. The van der Waals surface area contributed by atoms with E-state index >= 15 is 0 Å². The van der Waals surface area contributed by atoms with E-state index < -0.39 is 0 Å². The minimum absolute atomic E-state index is 0. The summed E-state index contributed by atoms with van der Waals surface area (Å²) in [5.74, 6) is 0.885. The normalized spacial score (nSPS) is 21.4. The van der Waals surface area contributed by atoms with Gasteiger partial charge in [-0.1, -0.05) is 13.8 Å². The van der Waals surface area contributed by atoms with Gasteiger partial charge in [0, 0.05) is 44.4 Å². The highest BCUT2D eigenvalue weighted by atomic mass is 127. The molecule has 1 aromatic rings. The predicted octanol–water partition coefficient (Wildman–Crippen LogP) is 3.35. The number of rotatable bonds is 8. The van der Waals surface area contributed by atoms with Gasteiger partial charge in [0.05, 0.1) is 11.8 Å². The largest absolute Gasteiger partial charge is 0.378 e. The molecular formula is C20H38IN5O. The molecule has 1 aliphatic carbocycles. The van der Waals surface area contributed by atoms with Gasteiger partial charge in [-0.05, 0) is 52.0 Å². The van der Waals surface area contributed by atoms with Crippen molar-refractivity contribution in [2.45, 2.75) is 72.4 Å². The van der Waals surface area contributed by atoms with Crippen LogP contribution in [0, 0.1) is 19.3 Å². The van der Waals surface area contributed by atoms with Crippen molar-refractivity contribution in [3.63, 3.8) is 0 Å². The van der Waals surface area contributed by atoms with E-state index in [9.17, 15) is 0 Å². The van der Waals surface area contributed by atoms with Gasteiger partial charge < -0.3 is 15.4 Å². The number of halogens is 1. The van der Waals surface area contributed by atoms with E-state index in [4.69, 9.17) is 4.74 Å². The van der Waals surface area contributed by atoms with Crippen LogP contribution in [0.25, 0.3) is 0 Å². The van der Waals surface area contributed by atoms with Crippen molar-refractivity contribution >= 4 is 29.9 Å². The molecule has 0 aromatic carbocycles. The van der Waals surface area contributed by atoms with E-state index in [-0.39, 0.29) is 29.4 Å². The van der Waals surface area contributed by atoms with Crippen molar-refractivity contribution in [2.75, 3.05) is 20.2 Å². The average Bonchev–Trinajstić information content (AvgIpc) is 2.86. The first kappa shape index (κ1) is 24.2. The van der Waals surface area contributed by atoms with Gasteiger partial charge in [0.2, 0.25) is 0 Å². The van der Waals surface area contributed by atoms with E-state index in [1.54, 1.807) is 0 Å². The molecular weight excluding hydrogens is 453 g/mol. The monoisotopic (exact) mass is 491 g/mol. The lowest BCUT2D eigenvalue weighted by Crippen LogP contribution is -2.65. The molecule has 0 spiro atoms. The predicted molar refractivity (Wildman–Crippen MR) is 123 cm³/mol. The van der Waals surface area contributed by atoms with Crippen molar-refractivity contribution < 1.29 is 4.74 Å². The number of guanidine groups is 1. The van der Waals surface area contributed by atoms with Crippen molar-refractivity contribution in [2.24, 2.45) is 17.5 Å². The van der Waals surface area contributed by atoms with Gasteiger partial charge in [0.25, 0.3) is 0 Å². The number of aromatic nitrogens is 2. The van der Waals surface area contributed by atoms with E-state index in [1.165, 1.54) is 11.3 Å². The van der Waals surface area contributed by atoms with Gasteiger partial charge in [-0.3, -0.25) is 9.67 Å². The fourth-order valence-corrected chi connectivity index (χ4v) is 4.43. The summed E-state index contributed by atoms with van der Waals surface area (Å²) >= 11 is 0. The summed E-state index contributed by atoms with van der Waals surface area (Å²) < 4.78 is 7.93. The van der Waals surface area contributed by atoms with Crippen LogP contribution in [-0.4, -0.2) is 48.1 Å². The van der Waals surface area contributed by atoms with Gasteiger partial charge in [0.1, 0.15) is 0 Å². The molecule has 0 radical (unpaired) electrons. The molecule has 2 atom stereocenters. The molecule has 1 fully saturated rings. The molecule has 1 saturated carbocycles. The van der Waals surface area contributed by atoms with Crippen molar-refractivity contribution in [1.29, 1.82) is 0 Å². The van der Waals surface area contributed by atoms with Crippen LogP contribution in [0.4, 0.5) is 0 Å². The Balaban J connectivity index is 0.00000364. The van der Waals surface area contributed by atoms with Gasteiger partial charge in [-0.2, -0.15) is 5.10 Å². The Morgan fingerprint density at radius 3 is 2.44 bits per heavy atom. The maximum Gasteiger partial charge on any atom is 0.191 e. The van der Waals surface area contributed by atoms with Crippen LogP contribution in [0.2, 0.25) is 0 Å². The summed E-state index contributed by atoms with van der Waals surface area (Å²) in [6, 6.07) is 0.419. The number of hydrogen-bond acceptors (Lipinski definition) is 3. The van der Waals surface area contributed by atoms with E-state index in [0.29, 0.717) is 12.1 Å². The minimum atomic E-state index is 0. The van der Waals surface area contributed by atoms with Gasteiger partial charge in [-0.25, -0.2) is 0 Å². The number of aliphatic imine (C=N–C) groups is 1. The summed E-state index contributed by atoms with van der Waals surface area (Å²) in [5.41, 5.74) is 3.89. The van der Waals surface area contributed by atoms with E-state index in [0.717, 1.165) is 50.5 Å². The Morgan fingerprint density at radius 2 is 1.96 bits per heavy atom. The highest BCUT2D eigenvalue weighted by molar-refractivity contribution is 14.0. The standard InChI is InChI=1S/C20H37N5O.HI/c1-8-20(9-2)17(13-18(20)26-10-3)23-19(21-6)22-12-11-16-14(4)24-25(7)15(16)5;/h17-18H,8-13H2,1-7H3,(H2,21,22,23);1H. The van der Waals surface area contributed by atoms with Crippen LogP contribution in [-0.2, 0) is 18.2 Å². The number of ether oxygens (including phenoxy) is 1. The highest BCUT2D eigenvalue weighted by Crippen LogP contribution is 2.48. The molecule has 0 saturated heterocycles. The lowest BCUT2D eigenvalue weighted by atomic mass is 9.58. The van der Waals surface area contributed by atoms with Gasteiger partial charge in [-0.15, -0.1) is 24.0 Å². The van der Waals surface area contributed by atoms with Crippen LogP contribution >= 0.6 is 24.0 Å². The summed E-state index contributed by atoms with van der Waals surface area (Å²) in [6.45, 7) is 12.5. The Hall–Kier alpha value is -0.830. The molecule has 1 heterocycles. The maximum atomic E-state index is 5.98. The van der Waals surface area contributed by atoms with Crippen molar-refractivity contribution in [3.05, 3.63) is 17.0 Å². The first-order chi connectivity index (χ1) is 12.4. The second-order valence-corrected chi connectivity index (χ2v) is 7.34. The molecule has 2 N–H and O–H groups in total. The zero-order valence-corrected chi connectivity index (χ0v) is 20.4. The summed E-state index contributed by atoms with van der Waals surface area (Å²) in [6.07, 6.45) is 4.61. The number of nitrogens with one attached hydrogen (secondary N) is 2. The Bertz CT molecular complexity index is 624.